The second-order valence-electron chi connectivity index (χ2n) is 6.06. The summed E-state index contributed by atoms with van der Waals surface area (Å²) in [6, 6.07) is 0. The second kappa shape index (κ2) is 5.85. The Morgan fingerprint density at radius 1 is 1.38 bits per heavy atom. The quantitative estimate of drug-likeness (QED) is 0.443. The van der Waals surface area contributed by atoms with Crippen molar-refractivity contribution in [3.8, 4) is 0 Å². The number of ketones is 2. The van der Waals surface area contributed by atoms with Gasteiger partial charge in [-0.15, -0.1) is 0 Å². The van der Waals surface area contributed by atoms with Gasteiger partial charge in [-0.1, -0.05) is 6.92 Å². The van der Waals surface area contributed by atoms with Gasteiger partial charge in [0.2, 0.25) is 6.29 Å². The van der Waals surface area contributed by atoms with Gasteiger partial charge in [0.1, 0.15) is 11.2 Å². The monoisotopic (exact) mass is 298 g/mol. The van der Waals surface area contributed by atoms with Crippen LogP contribution in [0.1, 0.15) is 40.0 Å². The third-order valence-corrected chi connectivity index (χ3v) is 4.70. The standard InChI is InChI=1S/C15H22O6/c1-8-10(17)7-12(18)15(3,13-6-5-11(8)21-13)14(19-4)20-9(2)16/h8,11,13-14H,5-7H2,1-4H3/t8-,11-,13+,14+,15-/m0/s1. The molecule has 118 valence electrons. The van der Waals surface area contributed by atoms with Crippen LogP contribution in [0.15, 0.2) is 0 Å². The molecule has 2 aliphatic rings. The first-order valence-corrected chi connectivity index (χ1v) is 7.22. The molecule has 0 amide bonds. The summed E-state index contributed by atoms with van der Waals surface area (Å²) in [5.74, 6) is -1.24. The molecule has 0 N–H and O–H groups in total. The van der Waals surface area contributed by atoms with Crippen LogP contribution >= 0.6 is 0 Å². The van der Waals surface area contributed by atoms with E-state index >= 15 is 0 Å². The molecule has 0 spiro atoms. The summed E-state index contributed by atoms with van der Waals surface area (Å²) in [4.78, 5) is 36.0. The van der Waals surface area contributed by atoms with Crippen molar-refractivity contribution >= 4 is 17.5 Å². The average molecular weight is 298 g/mol. The normalized spacial score (nSPS) is 37.8. The van der Waals surface area contributed by atoms with E-state index in [1.807, 2.05) is 0 Å². The van der Waals surface area contributed by atoms with Gasteiger partial charge in [0.15, 0.2) is 5.78 Å². The summed E-state index contributed by atoms with van der Waals surface area (Å²) < 4.78 is 16.3. The van der Waals surface area contributed by atoms with Crippen molar-refractivity contribution in [3.05, 3.63) is 0 Å². The van der Waals surface area contributed by atoms with Crippen LogP contribution in [-0.4, -0.2) is 43.1 Å². The lowest BCUT2D eigenvalue weighted by Gasteiger charge is -2.40. The molecule has 2 saturated heterocycles. The lowest BCUT2D eigenvalue weighted by Crippen LogP contribution is -2.53. The zero-order valence-electron chi connectivity index (χ0n) is 12.9. The maximum absolute atomic E-state index is 12.6. The third-order valence-electron chi connectivity index (χ3n) is 4.70. The molecule has 2 rings (SSSR count). The van der Waals surface area contributed by atoms with Gasteiger partial charge in [0.05, 0.1) is 18.6 Å². The summed E-state index contributed by atoms with van der Waals surface area (Å²) in [5, 5.41) is 0. The molecule has 0 aliphatic carbocycles. The van der Waals surface area contributed by atoms with Gasteiger partial charge >= 0.3 is 5.97 Å². The minimum absolute atomic E-state index is 0.130. The molecule has 2 fully saturated rings. The maximum atomic E-state index is 12.6. The number of hydrogen-bond donors (Lipinski definition) is 0. The summed E-state index contributed by atoms with van der Waals surface area (Å²) in [5.41, 5.74) is -1.16. The smallest absolute Gasteiger partial charge is 0.304 e. The number of rotatable bonds is 3. The zero-order valence-corrected chi connectivity index (χ0v) is 12.9. The van der Waals surface area contributed by atoms with E-state index in [1.54, 1.807) is 13.8 Å². The number of Topliss-reactive ketones (excluding diaryl/α,β-unsaturated/α-hetero) is 2. The largest absolute Gasteiger partial charge is 0.435 e. The first kappa shape index (κ1) is 16.1. The molecule has 2 aliphatic heterocycles. The number of carbonyl (C=O) groups is 3. The Bertz CT molecular complexity index is 459. The highest BCUT2D eigenvalue weighted by molar-refractivity contribution is 6.03. The summed E-state index contributed by atoms with van der Waals surface area (Å²) in [6.45, 7) is 4.71. The number of carbonyl (C=O) groups excluding carboxylic acids is 3. The van der Waals surface area contributed by atoms with Crippen molar-refractivity contribution in [2.45, 2.75) is 58.5 Å². The lowest BCUT2D eigenvalue weighted by molar-refractivity contribution is -0.220. The van der Waals surface area contributed by atoms with Crippen LogP contribution in [0.2, 0.25) is 0 Å². The van der Waals surface area contributed by atoms with E-state index in [1.165, 1.54) is 14.0 Å². The van der Waals surface area contributed by atoms with Crippen molar-refractivity contribution in [3.63, 3.8) is 0 Å². The maximum Gasteiger partial charge on any atom is 0.304 e. The van der Waals surface area contributed by atoms with E-state index in [4.69, 9.17) is 14.2 Å². The summed E-state index contributed by atoms with van der Waals surface area (Å²) in [7, 11) is 1.38. The van der Waals surface area contributed by atoms with Gasteiger partial charge in [-0.25, -0.2) is 0 Å². The number of ether oxygens (including phenoxy) is 3. The molecule has 21 heavy (non-hydrogen) atoms. The second-order valence-corrected chi connectivity index (χ2v) is 6.06. The number of fused-ring (bicyclic) bond motifs is 2. The summed E-state index contributed by atoms with van der Waals surface area (Å²) in [6.07, 6.45) is -0.440. The molecule has 0 aromatic rings. The van der Waals surface area contributed by atoms with Gasteiger partial charge in [-0.2, -0.15) is 0 Å². The fourth-order valence-electron chi connectivity index (χ4n) is 3.22. The Hall–Kier alpha value is -1.27. The Kier molecular flexibility index (Phi) is 4.49. The fraction of sp³-hybridized carbons (Fsp3) is 0.800. The molecule has 6 nitrogen and oxygen atoms in total. The Balaban J connectivity index is 2.36. The predicted molar refractivity (Wildman–Crippen MR) is 72.4 cm³/mol. The van der Waals surface area contributed by atoms with Gasteiger partial charge < -0.3 is 14.2 Å². The Morgan fingerprint density at radius 2 is 2.05 bits per heavy atom. The molecule has 0 radical (unpaired) electrons. The van der Waals surface area contributed by atoms with E-state index in [0.29, 0.717) is 6.42 Å². The SMILES string of the molecule is CO[C@H](OC(C)=O)[C@@]1(C)C(=O)CC(=O)[C@H](C)[C@@H]2CC[C@H]1O2. The van der Waals surface area contributed by atoms with Crippen molar-refractivity contribution in [1.29, 1.82) is 0 Å². The topological polar surface area (TPSA) is 78.9 Å². The predicted octanol–water partition coefficient (Wildman–Crippen LogP) is 1.25. The fourth-order valence-corrected chi connectivity index (χ4v) is 3.22. The number of methoxy groups -OCH3 is 1. The van der Waals surface area contributed by atoms with E-state index in [0.717, 1.165) is 6.42 Å². The van der Waals surface area contributed by atoms with E-state index in [9.17, 15) is 14.4 Å². The minimum Gasteiger partial charge on any atom is -0.435 e. The number of esters is 1. The van der Waals surface area contributed by atoms with Crippen LogP contribution in [0.5, 0.6) is 0 Å². The van der Waals surface area contributed by atoms with Gasteiger partial charge in [0.25, 0.3) is 0 Å². The molecule has 0 unspecified atom stereocenters. The zero-order chi connectivity index (χ0) is 15.8. The Labute approximate surface area is 124 Å². The molecular formula is C15H22O6. The minimum atomic E-state index is -1.16. The molecule has 6 heteroatoms. The molecule has 0 saturated carbocycles. The van der Waals surface area contributed by atoms with Crippen LogP contribution in [0.25, 0.3) is 0 Å². The highest BCUT2D eigenvalue weighted by Crippen LogP contribution is 2.43. The molecule has 0 aromatic heterocycles. The first-order chi connectivity index (χ1) is 9.80. The highest BCUT2D eigenvalue weighted by Gasteiger charge is 2.55. The molecule has 2 bridgehead atoms. The van der Waals surface area contributed by atoms with Crippen molar-refractivity contribution in [2.75, 3.05) is 7.11 Å². The summed E-state index contributed by atoms with van der Waals surface area (Å²) >= 11 is 0. The van der Waals surface area contributed by atoms with Crippen molar-refractivity contribution in [1.82, 2.24) is 0 Å². The van der Waals surface area contributed by atoms with Crippen LogP contribution in [0.3, 0.4) is 0 Å². The molecule has 0 aromatic carbocycles. The van der Waals surface area contributed by atoms with Crippen molar-refractivity contribution in [2.24, 2.45) is 11.3 Å². The molecule has 5 atom stereocenters. The first-order valence-electron chi connectivity index (χ1n) is 7.22. The van der Waals surface area contributed by atoms with Crippen molar-refractivity contribution < 1.29 is 28.6 Å². The third kappa shape index (κ3) is 2.74. The highest BCUT2D eigenvalue weighted by atomic mass is 16.7. The van der Waals surface area contributed by atoms with Crippen LogP contribution in [0.4, 0.5) is 0 Å². The van der Waals surface area contributed by atoms with Gasteiger partial charge in [-0.3, -0.25) is 14.4 Å². The van der Waals surface area contributed by atoms with Crippen LogP contribution < -0.4 is 0 Å². The lowest BCUT2D eigenvalue weighted by atomic mass is 9.75. The molecular weight excluding hydrogens is 276 g/mol. The van der Waals surface area contributed by atoms with Crippen LogP contribution in [0, 0.1) is 11.3 Å². The number of hydrogen-bond acceptors (Lipinski definition) is 6. The molecule has 2 heterocycles. The average Bonchev–Trinajstić information content (AvgIpc) is 2.92. The van der Waals surface area contributed by atoms with E-state index in [2.05, 4.69) is 0 Å². The van der Waals surface area contributed by atoms with Crippen LogP contribution in [-0.2, 0) is 28.6 Å². The van der Waals surface area contributed by atoms with Gasteiger partial charge in [-0.05, 0) is 19.8 Å². The van der Waals surface area contributed by atoms with E-state index < -0.39 is 23.8 Å². The van der Waals surface area contributed by atoms with Gasteiger partial charge in [0, 0.05) is 20.0 Å². The van der Waals surface area contributed by atoms with E-state index in [-0.39, 0.29) is 30.0 Å². The Morgan fingerprint density at radius 3 is 2.62 bits per heavy atom.